The topological polar surface area (TPSA) is 15.9 Å². The molecule has 3 heteroatoms. The highest BCUT2D eigenvalue weighted by Crippen LogP contribution is 2.06. The minimum absolute atomic E-state index is 0. The molecule has 0 aliphatic carbocycles. The highest BCUT2D eigenvalue weighted by Gasteiger charge is 2.04. The summed E-state index contributed by atoms with van der Waals surface area (Å²) in [5.74, 6) is 0. The molecule has 0 radical (unpaired) electrons. The lowest BCUT2D eigenvalue weighted by molar-refractivity contribution is -0.622. The summed E-state index contributed by atoms with van der Waals surface area (Å²) in [6.07, 6.45) is 3.85. The summed E-state index contributed by atoms with van der Waals surface area (Å²) in [4.78, 5) is 0. The number of rotatable bonds is 3. The van der Waals surface area contributed by atoms with E-state index in [1.807, 2.05) is 35.1 Å². The van der Waals surface area contributed by atoms with Gasteiger partial charge in [-0.15, -0.1) is 19.0 Å². The Labute approximate surface area is 95.6 Å². The third-order valence-electron chi connectivity index (χ3n) is 2.11. The molecule has 1 aromatic heterocycles. The van der Waals surface area contributed by atoms with Gasteiger partial charge in [0.25, 0.3) is 0 Å². The molecule has 78 valence electrons. The van der Waals surface area contributed by atoms with Gasteiger partial charge in [-0.2, -0.15) is 5.43 Å². The molecule has 0 aliphatic rings. The predicted octanol–water partition coefficient (Wildman–Crippen LogP) is 2.28. The second kappa shape index (κ2) is 5.37. The number of benzene rings is 1. The quantitative estimate of drug-likeness (QED) is 0.621. The largest absolute Gasteiger partial charge is 0.242 e. The first-order valence-corrected chi connectivity index (χ1v) is 4.66. The van der Waals surface area contributed by atoms with Crippen molar-refractivity contribution in [2.24, 2.45) is 0 Å². The first kappa shape index (κ1) is 11.5. The second-order valence-corrected chi connectivity index (χ2v) is 3.09. The van der Waals surface area contributed by atoms with E-state index in [1.54, 1.807) is 0 Å². The van der Waals surface area contributed by atoms with E-state index in [2.05, 4.69) is 30.2 Å². The summed E-state index contributed by atoms with van der Waals surface area (Å²) in [6.45, 7) is 4.44. The van der Waals surface area contributed by atoms with E-state index in [0.29, 0.717) is 0 Å². The average Bonchev–Trinajstić information content (AvgIpc) is 2.26. The van der Waals surface area contributed by atoms with Gasteiger partial charge >= 0.3 is 0 Å². The molecular weight excluding hydrogens is 208 g/mol. The van der Waals surface area contributed by atoms with Gasteiger partial charge in [-0.1, -0.05) is 22.9 Å². The van der Waals surface area contributed by atoms with Crippen molar-refractivity contribution in [2.75, 3.05) is 12.0 Å². The summed E-state index contributed by atoms with van der Waals surface area (Å²) in [6, 6.07) is 12.4. The maximum Gasteiger partial charge on any atom is 0.242 e. The Balaban J connectivity index is 0.00000112. The van der Waals surface area contributed by atoms with Crippen molar-refractivity contribution in [1.82, 2.24) is 0 Å². The van der Waals surface area contributed by atoms with E-state index >= 15 is 0 Å². The van der Waals surface area contributed by atoms with Crippen LogP contribution < -0.4 is 10.1 Å². The maximum atomic E-state index is 3.68. The third kappa shape index (κ3) is 2.48. The van der Waals surface area contributed by atoms with Crippen LogP contribution in [0.3, 0.4) is 0 Å². The summed E-state index contributed by atoms with van der Waals surface area (Å²) in [5, 5.41) is 1.23. The van der Waals surface area contributed by atoms with Crippen molar-refractivity contribution in [1.29, 1.82) is 0 Å². The lowest BCUT2D eigenvalue weighted by Crippen LogP contribution is -2.45. The van der Waals surface area contributed by atoms with Crippen molar-refractivity contribution in [3.05, 3.63) is 55.3 Å². The monoisotopic (exact) mass is 221 g/mol. The van der Waals surface area contributed by atoms with E-state index in [-0.39, 0.29) is 12.4 Å². The second-order valence-electron chi connectivity index (χ2n) is 3.09. The lowest BCUT2D eigenvalue weighted by atomic mass is 10.2. The van der Waals surface area contributed by atoms with Crippen LogP contribution in [-0.4, -0.2) is 6.54 Å². The van der Waals surface area contributed by atoms with Crippen molar-refractivity contribution in [3.63, 3.8) is 0 Å². The maximum absolute atomic E-state index is 3.68. The van der Waals surface area contributed by atoms with Gasteiger partial charge in [0.05, 0.1) is 6.54 Å². The van der Waals surface area contributed by atoms with E-state index in [1.165, 1.54) is 10.9 Å². The number of hydrogen-bond donors (Lipinski definition) is 1. The van der Waals surface area contributed by atoms with E-state index in [0.717, 1.165) is 6.54 Å². The molecule has 2 nitrogen and oxygen atoms in total. The number of nitrogens with one attached hydrogen (secondary N) is 1. The Morgan fingerprint density at radius 2 is 1.93 bits per heavy atom. The molecule has 0 unspecified atom stereocenters. The van der Waals surface area contributed by atoms with Crippen molar-refractivity contribution in [3.8, 4) is 0 Å². The average molecular weight is 222 g/mol. The number of hydrogen-bond acceptors (Lipinski definition) is 1. The zero-order valence-corrected chi connectivity index (χ0v) is 9.20. The zero-order chi connectivity index (χ0) is 9.80. The first-order valence-electron chi connectivity index (χ1n) is 4.66. The molecule has 0 amide bonds. The number of fused-ring (bicyclic) bond motifs is 1. The summed E-state index contributed by atoms with van der Waals surface area (Å²) in [5.41, 5.74) is 4.41. The molecule has 0 spiro atoms. The standard InChI is InChI=1S/C12H13N2.ClH/c1-2-9-13-14-10-5-7-11-6-3-4-8-12(11)14;/h2-8,10,13H,1,9H2;1H/q+1;. The van der Waals surface area contributed by atoms with Gasteiger partial charge in [-0.05, 0) is 12.1 Å². The fourth-order valence-corrected chi connectivity index (χ4v) is 1.46. The minimum atomic E-state index is 0. The summed E-state index contributed by atoms with van der Waals surface area (Å²) >= 11 is 0. The molecule has 0 aliphatic heterocycles. The normalized spacial score (nSPS) is 9.33. The van der Waals surface area contributed by atoms with Gasteiger partial charge in [0, 0.05) is 17.5 Å². The molecule has 0 bridgehead atoms. The molecule has 0 saturated carbocycles. The summed E-state index contributed by atoms with van der Waals surface area (Å²) < 4.78 is 2.01. The molecule has 2 aromatic rings. The molecule has 1 aromatic carbocycles. The lowest BCUT2D eigenvalue weighted by Gasteiger charge is -1.99. The Hall–Kier alpha value is -1.54. The molecular formula is C12H14ClN2+. The third-order valence-corrected chi connectivity index (χ3v) is 2.11. The van der Waals surface area contributed by atoms with Crippen LogP contribution in [0.1, 0.15) is 0 Å². The number of aromatic nitrogens is 1. The predicted molar refractivity (Wildman–Crippen MR) is 65.8 cm³/mol. The van der Waals surface area contributed by atoms with E-state index in [4.69, 9.17) is 0 Å². The fourth-order valence-electron chi connectivity index (χ4n) is 1.46. The van der Waals surface area contributed by atoms with Gasteiger partial charge in [-0.25, -0.2) is 0 Å². The Bertz CT molecular complexity index is 449. The van der Waals surface area contributed by atoms with Crippen LogP contribution in [0.4, 0.5) is 0 Å². The number of halogens is 1. The van der Waals surface area contributed by atoms with Crippen molar-refractivity contribution >= 4 is 23.3 Å². The van der Waals surface area contributed by atoms with Crippen LogP contribution in [0.2, 0.25) is 0 Å². The molecule has 0 atom stereocenters. The van der Waals surface area contributed by atoms with Crippen LogP contribution in [0.25, 0.3) is 10.9 Å². The van der Waals surface area contributed by atoms with Gasteiger partial charge in [0.2, 0.25) is 5.52 Å². The zero-order valence-electron chi connectivity index (χ0n) is 8.39. The number of nitrogens with zero attached hydrogens (tertiary/aromatic N) is 1. The SMILES string of the molecule is C=CCN[n+]1cccc2ccccc21.Cl. The molecule has 1 heterocycles. The van der Waals surface area contributed by atoms with Crippen LogP contribution >= 0.6 is 12.4 Å². The van der Waals surface area contributed by atoms with Crippen molar-refractivity contribution < 1.29 is 4.68 Å². The Morgan fingerprint density at radius 3 is 2.73 bits per heavy atom. The highest BCUT2D eigenvalue weighted by atomic mass is 35.5. The van der Waals surface area contributed by atoms with E-state index in [9.17, 15) is 0 Å². The Morgan fingerprint density at radius 1 is 1.20 bits per heavy atom. The van der Waals surface area contributed by atoms with Crippen LogP contribution in [0.5, 0.6) is 0 Å². The molecule has 0 fully saturated rings. The van der Waals surface area contributed by atoms with Crippen LogP contribution in [-0.2, 0) is 0 Å². The van der Waals surface area contributed by atoms with Gasteiger partial charge in [0.1, 0.15) is 0 Å². The van der Waals surface area contributed by atoms with Gasteiger partial charge in [0.15, 0.2) is 6.20 Å². The van der Waals surface area contributed by atoms with Gasteiger partial charge in [-0.3, -0.25) is 0 Å². The van der Waals surface area contributed by atoms with Crippen molar-refractivity contribution in [2.45, 2.75) is 0 Å². The Kier molecular flexibility index (Phi) is 4.13. The first-order chi connectivity index (χ1) is 6.92. The number of para-hydroxylation sites is 1. The fraction of sp³-hybridized carbons (Fsp3) is 0.0833. The molecule has 0 saturated heterocycles. The van der Waals surface area contributed by atoms with Crippen LogP contribution in [0, 0.1) is 0 Å². The minimum Gasteiger partial charge on any atom is -0.189 e. The molecule has 2 rings (SSSR count). The summed E-state index contributed by atoms with van der Waals surface area (Å²) in [7, 11) is 0. The molecule has 1 N–H and O–H groups in total. The highest BCUT2D eigenvalue weighted by molar-refractivity contribution is 5.85. The van der Waals surface area contributed by atoms with E-state index < -0.39 is 0 Å². The molecule has 15 heavy (non-hydrogen) atoms. The van der Waals surface area contributed by atoms with Crippen LogP contribution in [0.15, 0.2) is 55.3 Å². The number of pyridine rings is 1. The smallest absolute Gasteiger partial charge is 0.189 e. The van der Waals surface area contributed by atoms with Gasteiger partial charge < -0.3 is 0 Å².